The smallest absolute Gasteiger partial charge is 0.186 e. The van der Waals surface area contributed by atoms with Crippen LogP contribution in [-0.2, 0) is 0 Å². The van der Waals surface area contributed by atoms with E-state index in [1.54, 1.807) is 15.9 Å². The number of thiophene rings is 1. The van der Waals surface area contributed by atoms with Gasteiger partial charge in [-0.2, -0.15) is 15.9 Å². The van der Waals surface area contributed by atoms with Crippen LogP contribution in [0.25, 0.3) is 17.0 Å². The molecule has 1 aromatic carbocycles. The maximum absolute atomic E-state index is 4.72. The molecule has 0 fully saturated rings. The molecule has 1 atom stereocenters. The van der Waals surface area contributed by atoms with E-state index in [-0.39, 0.29) is 6.04 Å². The molecule has 126 valence electrons. The van der Waals surface area contributed by atoms with E-state index in [1.165, 1.54) is 5.56 Å². The Morgan fingerprint density at radius 3 is 2.56 bits per heavy atom. The summed E-state index contributed by atoms with van der Waals surface area (Å²) < 4.78 is 1.80. The van der Waals surface area contributed by atoms with Gasteiger partial charge in [0.1, 0.15) is 5.82 Å². The Kier molecular flexibility index (Phi) is 4.19. The van der Waals surface area contributed by atoms with Crippen molar-refractivity contribution in [3.63, 3.8) is 0 Å². The molecule has 1 unspecified atom stereocenters. The first-order valence-electron chi connectivity index (χ1n) is 8.29. The lowest BCUT2D eigenvalue weighted by molar-refractivity contribution is 0.543. The van der Waals surface area contributed by atoms with Crippen LogP contribution >= 0.6 is 11.3 Å². The molecule has 4 aromatic rings. The van der Waals surface area contributed by atoms with Crippen molar-refractivity contribution >= 4 is 22.8 Å². The quantitative estimate of drug-likeness (QED) is 0.569. The molecule has 0 amide bonds. The van der Waals surface area contributed by atoms with Gasteiger partial charge in [-0.15, -0.1) is 15.3 Å². The second kappa shape index (κ2) is 6.64. The Hall–Kier alpha value is -2.73. The molecule has 4 rings (SSSR count). The van der Waals surface area contributed by atoms with E-state index in [0.29, 0.717) is 5.92 Å². The van der Waals surface area contributed by atoms with Crippen molar-refractivity contribution in [1.82, 2.24) is 19.8 Å². The van der Waals surface area contributed by atoms with Crippen molar-refractivity contribution in [1.29, 1.82) is 0 Å². The number of nitrogens with zero attached hydrogens (tertiary/aromatic N) is 4. The van der Waals surface area contributed by atoms with Crippen LogP contribution in [0, 0.1) is 5.92 Å². The maximum Gasteiger partial charge on any atom is 0.186 e. The topological polar surface area (TPSA) is 55.1 Å². The Bertz CT molecular complexity index is 960. The fraction of sp³-hybridized carbons (Fsp3) is 0.211. The van der Waals surface area contributed by atoms with Crippen LogP contribution in [0.1, 0.15) is 25.5 Å². The van der Waals surface area contributed by atoms with Gasteiger partial charge in [0.25, 0.3) is 0 Å². The minimum absolute atomic E-state index is 0.187. The predicted octanol–water partition coefficient (Wildman–Crippen LogP) is 4.66. The minimum atomic E-state index is 0.187. The highest BCUT2D eigenvalue weighted by Crippen LogP contribution is 2.26. The summed E-state index contributed by atoms with van der Waals surface area (Å²) >= 11 is 1.64. The Labute approximate surface area is 150 Å². The highest BCUT2D eigenvalue weighted by atomic mass is 32.1. The Morgan fingerprint density at radius 1 is 1.00 bits per heavy atom. The summed E-state index contributed by atoms with van der Waals surface area (Å²) in [5, 5.41) is 20.9. The number of nitrogens with one attached hydrogen (secondary N) is 1. The standard InChI is InChI=1S/C19H19N5S/c1-13(2)18(14-6-4-3-5-7-14)20-16-8-9-17-21-22-19(24(17)23-16)15-10-11-25-12-15/h3-13,18H,1-2H3,(H,20,23). The monoisotopic (exact) mass is 349 g/mol. The summed E-state index contributed by atoms with van der Waals surface area (Å²) in [6, 6.07) is 16.6. The van der Waals surface area contributed by atoms with Crippen LogP contribution in [0.2, 0.25) is 0 Å². The molecule has 0 aliphatic carbocycles. The molecule has 0 saturated carbocycles. The molecule has 5 nitrogen and oxygen atoms in total. The van der Waals surface area contributed by atoms with Crippen LogP contribution < -0.4 is 5.32 Å². The fourth-order valence-electron chi connectivity index (χ4n) is 2.89. The average molecular weight is 349 g/mol. The van der Waals surface area contributed by atoms with E-state index in [4.69, 9.17) is 5.10 Å². The number of hydrogen-bond donors (Lipinski definition) is 1. The zero-order valence-corrected chi connectivity index (χ0v) is 14.9. The second-order valence-electron chi connectivity index (χ2n) is 6.30. The van der Waals surface area contributed by atoms with E-state index in [1.807, 2.05) is 29.6 Å². The first kappa shape index (κ1) is 15.8. The molecular weight excluding hydrogens is 330 g/mol. The largest absolute Gasteiger partial charge is 0.362 e. The molecule has 0 saturated heterocycles. The molecule has 6 heteroatoms. The number of anilines is 1. The Morgan fingerprint density at radius 2 is 1.84 bits per heavy atom. The molecule has 3 heterocycles. The molecular formula is C19H19N5S. The number of hydrogen-bond acceptors (Lipinski definition) is 5. The van der Waals surface area contributed by atoms with Gasteiger partial charge in [0, 0.05) is 10.9 Å². The van der Waals surface area contributed by atoms with E-state index in [0.717, 1.165) is 22.9 Å². The molecule has 0 aliphatic rings. The summed E-state index contributed by atoms with van der Waals surface area (Å²) in [4.78, 5) is 0. The van der Waals surface area contributed by atoms with Crippen LogP contribution in [0.15, 0.2) is 59.3 Å². The number of fused-ring (bicyclic) bond motifs is 1. The zero-order chi connectivity index (χ0) is 17.2. The van der Waals surface area contributed by atoms with Crippen molar-refractivity contribution in [3.8, 4) is 11.4 Å². The van der Waals surface area contributed by atoms with Crippen molar-refractivity contribution in [2.24, 2.45) is 5.92 Å². The number of aromatic nitrogens is 4. The van der Waals surface area contributed by atoms with Gasteiger partial charge in [-0.05, 0) is 35.1 Å². The third-order valence-corrected chi connectivity index (χ3v) is 4.85. The van der Waals surface area contributed by atoms with Crippen molar-refractivity contribution in [2.75, 3.05) is 5.32 Å². The lowest BCUT2D eigenvalue weighted by Crippen LogP contribution is -2.18. The summed E-state index contributed by atoms with van der Waals surface area (Å²) in [5.41, 5.74) is 3.03. The molecule has 0 aliphatic heterocycles. The van der Waals surface area contributed by atoms with Gasteiger partial charge in [0.05, 0.1) is 6.04 Å². The zero-order valence-electron chi connectivity index (χ0n) is 14.1. The highest BCUT2D eigenvalue weighted by molar-refractivity contribution is 7.08. The van der Waals surface area contributed by atoms with Crippen molar-refractivity contribution in [2.45, 2.75) is 19.9 Å². The first-order valence-corrected chi connectivity index (χ1v) is 9.23. The van der Waals surface area contributed by atoms with Gasteiger partial charge >= 0.3 is 0 Å². The SMILES string of the molecule is CC(C)C(Nc1ccc2nnc(-c3ccsc3)n2n1)c1ccccc1. The summed E-state index contributed by atoms with van der Waals surface area (Å²) in [6.45, 7) is 4.41. The minimum Gasteiger partial charge on any atom is -0.362 e. The molecule has 3 aromatic heterocycles. The molecule has 25 heavy (non-hydrogen) atoms. The van der Waals surface area contributed by atoms with Crippen LogP contribution in [0.4, 0.5) is 5.82 Å². The van der Waals surface area contributed by atoms with Crippen molar-refractivity contribution < 1.29 is 0 Å². The van der Waals surface area contributed by atoms with Gasteiger partial charge in [0.2, 0.25) is 0 Å². The van der Waals surface area contributed by atoms with Crippen LogP contribution in [0.3, 0.4) is 0 Å². The maximum atomic E-state index is 4.72. The van der Waals surface area contributed by atoms with Crippen LogP contribution in [0.5, 0.6) is 0 Å². The van der Waals surface area contributed by atoms with Gasteiger partial charge in [-0.1, -0.05) is 44.2 Å². The molecule has 0 spiro atoms. The highest BCUT2D eigenvalue weighted by Gasteiger charge is 2.17. The lowest BCUT2D eigenvalue weighted by Gasteiger charge is -2.23. The molecule has 0 radical (unpaired) electrons. The second-order valence-corrected chi connectivity index (χ2v) is 7.08. The fourth-order valence-corrected chi connectivity index (χ4v) is 3.53. The van der Waals surface area contributed by atoms with E-state index in [9.17, 15) is 0 Å². The first-order chi connectivity index (χ1) is 12.2. The summed E-state index contributed by atoms with van der Waals surface area (Å²) in [6.07, 6.45) is 0. The predicted molar refractivity (Wildman–Crippen MR) is 102 cm³/mol. The normalized spacial score (nSPS) is 12.6. The molecule has 0 bridgehead atoms. The number of benzene rings is 1. The average Bonchev–Trinajstić information content (AvgIpc) is 3.29. The Balaban J connectivity index is 1.70. The van der Waals surface area contributed by atoms with E-state index < -0.39 is 0 Å². The van der Waals surface area contributed by atoms with E-state index >= 15 is 0 Å². The third kappa shape index (κ3) is 3.13. The summed E-state index contributed by atoms with van der Waals surface area (Å²) in [7, 11) is 0. The number of rotatable bonds is 5. The molecule has 1 N–H and O–H groups in total. The van der Waals surface area contributed by atoms with Gasteiger partial charge in [-0.3, -0.25) is 0 Å². The van der Waals surface area contributed by atoms with Crippen LogP contribution in [-0.4, -0.2) is 19.8 Å². The lowest BCUT2D eigenvalue weighted by atomic mass is 9.96. The van der Waals surface area contributed by atoms with E-state index in [2.05, 4.69) is 59.0 Å². The van der Waals surface area contributed by atoms with Gasteiger partial charge in [0.15, 0.2) is 11.5 Å². The summed E-state index contributed by atoms with van der Waals surface area (Å²) in [5.74, 6) is 2.00. The van der Waals surface area contributed by atoms with Gasteiger partial charge < -0.3 is 5.32 Å². The van der Waals surface area contributed by atoms with Gasteiger partial charge in [-0.25, -0.2) is 0 Å². The third-order valence-electron chi connectivity index (χ3n) is 4.17. The van der Waals surface area contributed by atoms with Crippen molar-refractivity contribution in [3.05, 3.63) is 64.9 Å².